The van der Waals surface area contributed by atoms with E-state index in [2.05, 4.69) is 81.5 Å². The molecule has 4 aliphatic rings. The standard InChI is InChI=1S/C26H24BrNO/c1-15(29)18-12-23-20-5-2-4-17(20)14-28-25(16-8-10-19(27)11-9-16)22-7-3-6-21(22)24(13-18)26(23)28/h2-3,5-6,8-13,17,20-22,25H,4,7,14H2,1H3/t17-,20+,21+,22-,25+/m1/s1. The van der Waals surface area contributed by atoms with Crippen molar-refractivity contribution in [2.24, 2.45) is 11.8 Å². The van der Waals surface area contributed by atoms with Crippen molar-refractivity contribution < 1.29 is 4.79 Å². The molecule has 6 rings (SSSR count). The van der Waals surface area contributed by atoms with Crippen molar-refractivity contribution >= 4 is 27.4 Å². The van der Waals surface area contributed by atoms with Crippen molar-refractivity contribution in [1.82, 2.24) is 0 Å². The number of carbonyl (C=O) groups is 1. The highest BCUT2D eigenvalue weighted by molar-refractivity contribution is 9.10. The van der Waals surface area contributed by atoms with Gasteiger partial charge in [-0.1, -0.05) is 52.4 Å². The zero-order chi connectivity index (χ0) is 19.7. The van der Waals surface area contributed by atoms with Gasteiger partial charge in [0, 0.05) is 34.1 Å². The van der Waals surface area contributed by atoms with Gasteiger partial charge >= 0.3 is 0 Å². The highest BCUT2D eigenvalue weighted by Gasteiger charge is 2.47. The van der Waals surface area contributed by atoms with E-state index in [1.54, 1.807) is 6.92 Å². The van der Waals surface area contributed by atoms with Crippen molar-refractivity contribution in [1.29, 1.82) is 0 Å². The molecule has 0 bridgehead atoms. The minimum absolute atomic E-state index is 0.174. The van der Waals surface area contributed by atoms with Crippen LogP contribution in [0.3, 0.4) is 0 Å². The summed E-state index contributed by atoms with van der Waals surface area (Å²) in [6.45, 7) is 2.80. The van der Waals surface area contributed by atoms with E-state index in [9.17, 15) is 4.79 Å². The van der Waals surface area contributed by atoms with Crippen molar-refractivity contribution in [3.63, 3.8) is 0 Å². The number of carbonyl (C=O) groups excluding carboxylic acids is 1. The van der Waals surface area contributed by atoms with Crippen LogP contribution in [0.2, 0.25) is 0 Å². The number of Topliss-reactive ketones (excluding diaryl/α,β-unsaturated/α-hetero) is 1. The fourth-order valence-electron chi connectivity index (χ4n) is 6.22. The largest absolute Gasteiger partial charge is 0.363 e. The van der Waals surface area contributed by atoms with Gasteiger partial charge in [0.2, 0.25) is 0 Å². The molecule has 2 aromatic carbocycles. The summed E-state index contributed by atoms with van der Waals surface area (Å²) in [7, 11) is 0. The summed E-state index contributed by atoms with van der Waals surface area (Å²) < 4.78 is 1.13. The molecule has 2 aliphatic carbocycles. The molecule has 2 aromatic rings. The zero-order valence-electron chi connectivity index (χ0n) is 16.5. The molecule has 2 aliphatic heterocycles. The van der Waals surface area contributed by atoms with Gasteiger partial charge in [-0.15, -0.1) is 0 Å². The van der Waals surface area contributed by atoms with Crippen LogP contribution in [0.15, 0.2) is 65.2 Å². The average Bonchev–Trinajstić information content (AvgIpc) is 3.38. The quantitative estimate of drug-likeness (QED) is 0.385. The first-order chi connectivity index (χ1) is 14.1. The number of rotatable bonds is 2. The number of anilines is 1. The molecule has 0 spiro atoms. The zero-order valence-corrected chi connectivity index (χ0v) is 18.1. The summed E-state index contributed by atoms with van der Waals surface area (Å²) in [5.74, 6) is 2.17. The van der Waals surface area contributed by atoms with Crippen LogP contribution in [0.1, 0.15) is 64.7 Å². The summed E-state index contributed by atoms with van der Waals surface area (Å²) in [4.78, 5) is 15.0. The predicted octanol–water partition coefficient (Wildman–Crippen LogP) is 6.55. The lowest BCUT2D eigenvalue weighted by molar-refractivity contribution is 0.101. The van der Waals surface area contributed by atoms with Crippen molar-refractivity contribution in [3.05, 3.63) is 87.4 Å². The van der Waals surface area contributed by atoms with Crippen molar-refractivity contribution in [3.8, 4) is 0 Å². The number of allylic oxidation sites excluding steroid dienone is 4. The summed E-state index contributed by atoms with van der Waals surface area (Å²) >= 11 is 3.60. The lowest BCUT2D eigenvalue weighted by Crippen LogP contribution is -2.46. The van der Waals surface area contributed by atoms with Gasteiger partial charge in [-0.25, -0.2) is 0 Å². The third-order valence-corrected chi connectivity index (χ3v) is 8.00. The Bertz CT molecular complexity index is 1050. The van der Waals surface area contributed by atoms with Crippen LogP contribution in [0.25, 0.3) is 0 Å². The Balaban J connectivity index is 1.59. The molecular weight excluding hydrogens is 422 g/mol. The Hall–Kier alpha value is -2.13. The first kappa shape index (κ1) is 17.7. The van der Waals surface area contributed by atoms with Crippen LogP contribution < -0.4 is 4.90 Å². The minimum atomic E-state index is 0.174. The number of fused-ring (bicyclic) bond motifs is 4. The Morgan fingerprint density at radius 1 is 1.00 bits per heavy atom. The second-order valence-electron chi connectivity index (χ2n) is 9.01. The number of ketones is 1. The number of nitrogens with zero attached hydrogens (tertiary/aromatic N) is 1. The van der Waals surface area contributed by atoms with Crippen LogP contribution in [0.4, 0.5) is 5.69 Å². The third-order valence-electron chi connectivity index (χ3n) is 7.47. The van der Waals surface area contributed by atoms with E-state index in [-0.39, 0.29) is 5.78 Å². The maximum absolute atomic E-state index is 12.3. The molecule has 3 heteroatoms. The smallest absolute Gasteiger partial charge is 0.159 e. The molecule has 0 fully saturated rings. The lowest BCUT2D eigenvalue weighted by Gasteiger charge is -2.51. The van der Waals surface area contributed by atoms with E-state index in [0.717, 1.165) is 29.4 Å². The summed E-state index contributed by atoms with van der Waals surface area (Å²) in [5.41, 5.74) is 6.44. The van der Waals surface area contributed by atoms with Crippen LogP contribution in [-0.4, -0.2) is 12.3 Å². The predicted molar refractivity (Wildman–Crippen MR) is 121 cm³/mol. The van der Waals surface area contributed by atoms with Gasteiger partial charge in [0.15, 0.2) is 5.78 Å². The Morgan fingerprint density at radius 3 is 2.45 bits per heavy atom. The first-order valence-corrected chi connectivity index (χ1v) is 11.5. The fourth-order valence-corrected chi connectivity index (χ4v) is 6.48. The van der Waals surface area contributed by atoms with Crippen LogP contribution in [0.5, 0.6) is 0 Å². The Kier molecular flexibility index (Phi) is 3.93. The first-order valence-electron chi connectivity index (χ1n) is 10.7. The molecule has 0 radical (unpaired) electrons. The number of halogens is 1. The van der Waals surface area contributed by atoms with Gasteiger partial charge in [0.25, 0.3) is 0 Å². The van der Waals surface area contributed by atoms with E-state index in [4.69, 9.17) is 0 Å². The Morgan fingerprint density at radius 2 is 1.69 bits per heavy atom. The molecule has 0 aromatic heterocycles. The van der Waals surface area contributed by atoms with Gasteiger partial charge in [-0.05, 0) is 72.6 Å². The summed E-state index contributed by atoms with van der Waals surface area (Å²) in [6, 6.07) is 13.7. The van der Waals surface area contributed by atoms with Gasteiger partial charge in [0.1, 0.15) is 0 Å². The minimum Gasteiger partial charge on any atom is -0.363 e. The molecule has 0 N–H and O–H groups in total. The van der Waals surface area contributed by atoms with E-state index in [1.807, 2.05) is 0 Å². The molecule has 146 valence electrons. The monoisotopic (exact) mass is 445 g/mol. The van der Waals surface area contributed by atoms with E-state index >= 15 is 0 Å². The average molecular weight is 446 g/mol. The second kappa shape index (κ2) is 6.43. The summed E-state index contributed by atoms with van der Waals surface area (Å²) in [5, 5.41) is 0. The van der Waals surface area contributed by atoms with Gasteiger partial charge in [0.05, 0.1) is 6.04 Å². The highest BCUT2D eigenvalue weighted by Crippen LogP contribution is 2.58. The number of hydrogen-bond acceptors (Lipinski definition) is 2. The highest BCUT2D eigenvalue weighted by atomic mass is 79.9. The van der Waals surface area contributed by atoms with E-state index in [0.29, 0.717) is 29.7 Å². The molecule has 0 saturated heterocycles. The molecule has 29 heavy (non-hydrogen) atoms. The topological polar surface area (TPSA) is 20.3 Å². The molecule has 2 nitrogen and oxygen atoms in total. The van der Waals surface area contributed by atoms with E-state index in [1.165, 1.54) is 22.4 Å². The normalized spacial score (nSPS) is 30.8. The van der Waals surface area contributed by atoms with Gasteiger partial charge in [-0.2, -0.15) is 0 Å². The van der Waals surface area contributed by atoms with E-state index < -0.39 is 0 Å². The Labute approximate surface area is 180 Å². The van der Waals surface area contributed by atoms with Crippen molar-refractivity contribution in [2.45, 2.75) is 37.6 Å². The van der Waals surface area contributed by atoms with Crippen LogP contribution in [-0.2, 0) is 0 Å². The van der Waals surface area contributed by atoms with Crippen molar-refractivity contribution in [2.75, 3.05) is 11.4 Å². The molecule has 5 atom stereocenters. The molecular formula is C26H24BrNO. The molecule has 0 saturated carbocycles. The SMILES string of the molecule is CC(=O)c1cc2c3c(c1)[C@H]1C=CC[C@H]1[C@H](c1ccc(Br)cc1)N3C[C@H]1CC=C[C@H]21. The summed E-state index contributed by atoms with van der Waals surface area (Å²) in [6.07, 6.45) is 11.7. The van der Waals surface area contributed by atoms with Crippen LogP contribution >= 0.6 is 15.9 Å². The second-order valence-corrected chi connectivity index (χ2v) is 9.93. The van der Waals surface area contributed by atoms with Crippen LogP contribution in [0, 0.1) is 11.8 Å². The van der Waals surface area contributed by atoms with Gasteiger partial charge in [-0.3, -0.25) is 4.79 Å². The number of hydrogen-bond donors (Lipinski definition) is 0. The lowest BCUT2D eigenvalue weighted by atomic mass is 9.70. The maximum Gasteiger partial charge on any atom is 0.159 e. The molecule has 0 amide bonds. The number of benzene rings is 2. The molecule has 2 heterocycles. The van der Waals surface area contributed by atoms with Gasteiger partial charge < -0.3 is 4.90 Å². The maximum atomic E-state index is 12.3. The third kappa shape index (κ3) is 2.56. The fraction of sp³-hybridized carbons (Fsp3) is 0.346. The molecule has 0 unspecified atom stereocenters.